The molecule has 3 nitrogen and oxygen atoms in total. The molecule has 0 N–H and O–H groups in total. The number of hydrogen-bond donors (Lipinski definition) is 0. The fourth-order valence-electron chi connectivity index (χ4n) is 2.17. The first kappa shape index (κ1) is 13.1. The normalized spacial score (nSPS) is 11.0. The fraction of sp³-hybridized carbons (Fsp3) is 0.250. The average Bonchev–Trinajstić information content (AvgIpc) is 2.72. The van der Waals surface area contributed by atoms with Gasteiger partial charge in [0.2, 0.25) is 5.88 Å². The fourth-order valence-corrected chi connectivity index (χ4v) is 3.15. The third-order valence-corrected chi connectivity index (χ3v) is 4.81. The van der Waals surface area contributed by atoms with Crippen molar-refractivity contribution in [2.75, 3.05) is 0 Å². The van der Waals surface area contributed by atoms with Crippen molar-refractivity contribution in [2.24, 2.45) is 0 Å². The Morgan fingerprint density at radius 2 is 1.80 bits per heavy atom. The minimum atomic E-state index is 0.644. The van der Waals surface area contributed by atoms with Gasteiger partial charge in [0.15, 0.2) is 0 Å². The maximum atomic E-state index is 6.05. The van der Waals surface area contributed by atoms with Crippen LogP contribution in [0.1, 0.15) is 21.6 Å². The van der Waals surface area contributed by atoms with Crippen molar-refractivity contribution in [3.63, 3.8) is 0 Å². The van der Waals surface area contributed by atoms with E-state index in [0.717, 1.165) is 21.5 Å². The van der Waals surface area contributed by atoms with Crippen molar-refractivity contribution in [3.05, 3.63) is 46.1 Å². The van der Waals surface area contributed by atoms with Crippen LogP contribution in [-0.2, 0) is 0 Å². The smallest absolute Gasteiger partial charge is 0.231 e. The number of aryl methyl sites for hydroxylation is 3. The molecular formula is C16H16N2OS. The standard InChI is InChI=1S/C16H16N2OS/c1-9-6-5-7-13(10(9)2)19-15-14-11(3)12(4)20-16(14)18-8-17-15/h5-8H,1-4H3. The van der Waals surface area contributed by atoms with E-state index in [4.69, 9.17) is 4.74 Å². The maximum Gasteiger partial charge on any atom is 0.231 e. The van der Waals surface area contributed by atoms with Crippen LogP contribution in [0.5, 0.6) is 11.6 Å². The summed E-state index contributed by atoms with van der Waals surface area (Å²) in [6.07, 6.45) is 1.57. The molecule has 4 heteroatoms. The van der Waals surface area contributed by atoms with Crippen LogP contribution in [0.4, 0.5) is 0 Å². The molecule has 3 rings (SSSR count). The van der Waals surface area contributed by atoms with Crippen molar-refractivity contribution in [3.8, 4) is 11.6 Å². The van der Waals surface area contributed by atoms with Gasteiger partial charge in [-0.15, -0.1) is 11.3 Å². The zero-order valence-electron chi connectivity index (χ0n) is 12.0. The van der Waals surface area contributed by atoms with Gasteiger partial charge in [0.05, 0.1) is 5.39 Å². The first-order valence-electron chi connectivity index (χ1n) is 6.52. The van der Waals surface area contributed by atoms with Crippen LogP contribution in [0.15, 0.2) is 24.5 Å². The highest BCUT2D eigenvalue weighted by Crippen LogP contribution is 2.36. The van der Waals surface area contributed by atoms with Crippen LogP contribution in [-0.4, -0.2) is 9.97 Å². The van der Waals surface area contributed by atoms with Crippen LogP contribution in [0.2, 0.25) is 0 Å². The molecule has 0 aliphatic heterocycles. The minimum Gasteiger partial charge on any atom is -0.438 e. The summed E-state index contributed by atoms with van der Waals surface area (Å²) >= 11 is 1.68. The van der Waals surface area contributed by atoms with Crippen LogP contribution in [0.3, 0.4) is 0 Å². The number of hydrogen-bond acceptors (Lipinski definition) is 4. The Morgan fingerprint density at radius 1 is 1.00 bits per heavy atom. The Labute approximate surface area is 122 Å². The summed E-state index contributed by atoms with van der Waals surface area (Å²) < 4.78 is 6.05. The first-order chi connectivity index (χ1) is 9.58. The number of aromatic nitrogens is 2. The van der Waals surface area contributed by atoms with E-state index in [1.165, 1.54) is 16.0 Å². The molecule has 0 amide bonds. The van der Waals surface area contributed by atoms with E-state index in [0.29, 0.717) is 5.88 Å². The molecule has 0 aliphatic rings. The summed E-state index contributed by atoms with van der Waals surface area (Å²) in [5.74, 6) is 1.50. The Bertz CT molecular complexity index is 793. The van der Waals surface area contributed by atoms with Gasteiger partial charge in [-0.05, 0) is 50.5 Å². The molecule has 20 heavy (non-hydrogen) atoms. The Kier molecular flexibility index (Phi) is 3.18. The zero-order valence-corrected chi connectivity index (χ0v) is 12.8. The number of fused-ring (bicyclic) bond motifs is 1. The molecule has 0 atom stereocenters. The molecule has 2 aromatic heterocycles. The van der Waals surface area contributed by atoms with Gasteiger partial charge in [-0.1, -0.05) is 12.1 Å². The number of ether oxygens (including phenoxy) is 1. The summed E-state index contributed by atoms with van der Waals surface area (Å²) in [5.41, 5.74) is 3.56. The van der Waals surface area contributed by atoms with E-state index in [9.17, 15) is 0 Å². The van der Waals surface area contributed by atoms with E-state index in [-0.39, 0.29) is 0 Å². The number of nitrogens with zero attached hydrogens (tertiary/aromatic N) is 2. The highest BCUT2D eigenvalue weighted by molar-refractivity contribution is 7.18. The third-order valence-electron chi connectivity index (χ3n) is 3.69. The predicted molar refractivity (Wildman–Crippen MR) is 82.9 cm³/mol. The molecule has 1 aromatic carbocycles. The van der Waals surface area contributed by atoms with Crippen LogP contribution < -0.4 is 4.74 Å². The van der Waals surface area contributed by atoms with Crippen LogP contribution in [0, 0.1) is 27.7 Å². The Hall–Kier alpha value is -1.94. The quantitative estimate of drug-likeness (QED) is 0.683. The molecule has 0 fully saturated rings. The summed E-state index contributed by atoms with van der Waals surface area (Å²) in [6.45, 7) is 8.34. The summed E-state index contributed by atoms with van der Waals surface area (Å²) in [6, 6.07) is 6.06. The molecule has 0 bridgehead atoms. The minimum absolute atomic E-state index is 0.644. The predicted octanol–water partition coefficient (Wildman–Crippen LogP) is 4.72. The molecule has 102 valence electrons. The second kappa shape index (κ2) is 4.87. The number of thiophene rings is 1. The highest BCUT2D eigenvalue weighted by Gasteiger charge is 2.14. The van der Waals surface area contributed by atoms with Crippen molar-refractivity contribution in [2.45, 2.75) is 27.7 Å². The monoisotopic (exact) mass is 284 g/mol. The average molecular weight is 284 g/mol. The summed E-state index contributed by atoms with van der Waals surface area (Å²) in [5, 5.41) is 1.02. The largest absolute Gasteiger partial charge is 0.438 e. The van der Waals surface area contributed by atoms with E-state index < -0.39 is 0 Å². The van der Waals surface area contributed by atoms with Crippen LogP contribution >= 0.6 is 11.3 Å². The van der Waals surface area contributed by atoms with Crippen molar-refractivity contribution in [1.82, 2.24) is 9.97 Å². The number of benzene rings is 1. The lowest BCUT2D eigenvalue weighted by molar-refractivity contribution is 0.464. The molecule has 0 aliphatic carbocycles. The zero-order chi connectivity index (χ0) is 14.3. The van der Waals surface area contributed by atoms with Gasteiger partial charge < -0.3 is 4.74 Å². The lowest BCUT2D eigenvalue weighted by atomic mass is 10.1. The second-order valence-electron chi connectivity index (χ2n) is 4.94. The Balaban J connectivity index is 2.13. The number of rotatable bonds is 2. The highest BCUT2D eigenvalue weighted by atomic mass is 32.1. The van der Waals surface area contributed by atoms with Crippen molar-refractivity contribution in [1.29, 1.82) is 0 Å². The van der Waals surface area contributed by atoms with E-state index >= 15 is 0 Å². The lowest BCUT2D eigenvalue weighted by Gasteiger charge is -2.10. The second-order valence-corrected chi connectivity index (χ2v) is 6.15. The first-order valence-corrected chi connectivity index (χ1v) is 7.34. The summed E-state index contributed by atoms with van der Waals surface area (Å²) in [4.78, 5) is 10.9. The van der Waals surface area contributed by atoms with Crippen molar-refractivity contribution < 1.29 is 4.74 Å². The molecule has 3 aromatic rings. The maximum absolute atomic E-state index is 6.05. The molecular weight excluding hydrogens is 268 g/mol. The molecule has 0 spiro atoms. The SMILES string of the molecule is Cc1cccc(Oc2ncnc3sc(C)c(C)c23)c1C. The molecule has 0 unspecified atom stereocenters. The molecule has 0 saturated carbocycles. The van der Waals surface area contributed by atoms with E-state index in [1.54, 1.807) is 17.7 Å². The van der Waals surface area contributed by atoms with E-state index in [1.807, 2.05) is 12.1 Å². The van der Waals surface area contributed by atoms with E-state index in [2.05, 4.69) is 43.7 Å². The van der Waals surface area contributed by atoms with Gasteiger partial charge in [0.25, 0.3) is 0 Å². The molecule has 0 saturated heterocycles. The van der Waals surface area contributed by atoms with Gasteiger partial charge in [0.1, 0.15) is 16.9 Å². The van der Waals surface area contributed by atoms with Gasteiger partial charge in [0, 0.05) is 4.88 Å². The van der Waals surface area contributed by atoms with Gasteiger partial charge in [-0.3, -0.25) is 0 Å². The molecule has 2 heterocycles. The summed E-state index contributed by atoms with van der Waals surface area (Å²) in [7, 11) is 0. The van der Waals surface area contributed by atoms with Gasteiger partial charge in [-0.2, -0.15) is 0 Å². The topological polar surface area (TPSA) is 35.0 Å². The van der Waals surface area contributed by atoms with Crippen LogP contribution in [0.25, 0.3) is 10.2 Å². The van der Waals surface area contributed by atoms with Crippen molar-refractivity contribution >= 4 is 21.6 Å². The third kappa shape index (κ3) is 2.06. The lowest BCUT2D eigenvalue weighted by Crippen LogP contribution is -1.93. The molecule has 0 radical (unpaired) electrons. The van der Waals surface area contributed by atoms with Gasteiger partial charge in [-0.25, -0.2) is 9.97 Å². The van der Waals surface area contributed by atoms with Gasteiger partial charge >= 0.3 is 0 Å². The Morgan fingerprint density at radius 3 is 2.60 bits per heavy atom.